The second-order valence-corrected chi connectivity index (χ2v) is 5.57. The van der Waals surface area contributed by atoms with Gasteiger partial charge in [0.15, 0.2) is 0 Å². The van der Waals surface area contributed by atoms with Crippen molar-refractivity contribution in [3.63, 3.8) is 0 Å². The average molecular weight is 248 g/mol. The van der Waals surface area contributed by atoms with Gasteiger partial charge in [0.05, 0.1) is 11.8 Å². The SMILES string of the molecule is O=C1C2CC=CCC2C(=O)N1CCCNC1CC1. The van der Waals surface area contributed by atoms with Gasteiger partial charge >= 0.3 is 0 Å². The smallest absolute Gasteiger partial charge is 0.233 e. The van der Waals surface area contributed by atoms with Gasteiger partial charge in [0.25, 0.3) is 0 Å². The Morgan fingerprint density at radius 3 is 2.28 bits per heavy atom. The van der Waals surface area contributed by atoms with Crippen molar-refractivity contribution >= 4 is 11.8 Å². The van der Waals surface area contributed by atoms with Crippen molar-refractivity contribution in [3.8, 4) is 0 Å². The molecule has 1 N–H and O–H groups in total. The van der Waals surface area contributed by atoms with Gasteiger partial charge in [-0.2, -0.15) is 0 Å². The fraction of sp³-hybridized carbons (Fsp3) is 0.714. The fourth-order valence-electron chi connectivity index (χ4n) is 2.92. The maximum absolute atomic E-state index is 12.1. The predicted molar refractivity (Wildman–Crippen MR) is 67.7 cm³/mol. The number of hydrogen-bond donors (Lipinski definition) is 1. The Balaban J connectivity index is 1.52. The van der Waals surface area contributed by atoms with Crippen LogP contribution in [0.15, 0.2) is 12.2 Å². The van der Waals surface area contributed by atoms with E-state index in [-0.39, 0.29) is 23.7 Å². The van der Waals surface area contributed by atoms with E-state index in [1.165, 1.54) is 17.7 Å². The molecule has 1 saturated carbocycles. The van der Waals surface area contributed by atoms with Crippen molar-refractivity contribution in [2.75, 3.05) is 13.1 Å². The Hall–Kier alpha value is -1.16. The number of carbonyl (C=O) groups is 2. The molecule has 2 unspecified atom stereocenters. The number of nitrogens with zero attached hydrogens (tertiary/aromatic N) is 1. The quantitative estimate of drug-likeness (QED) is 0.450. The normalized spacial score (nSPS) is 31.0. The third-order valence-corrected chi connectivity index (χ3v) is 4.17. The maximum Gasteiger partial charge on any atom is 0.233 e. The minimum atomic E-state index is -0.0705. The van der Waals surface area contributed by atoms with Crippen LogP contribution in [0.3, 0.4) is 0 Å². The highest BCUT2D eigenvalue weighted by atomic mass is 16.2. The Labute approximate surface area is 107 Å². The summed E-state index contributed by atoms with van der Waals surface area (Å²) in [5.74, 6) is -0.0284. The van der Waals surface area contributed by atoms with Crippen molar-refractivity contribution in [2.45, 2.75) is 38.1 Å². The van der Waals surface area contributed by atoms with Gasteiger partial charge in [-0.25, -0.2) is 0 Å². The molecule has 2 aliphatic carbocycles. The summed E-state index contributed by atoms with van der Waals surface area (Å²) >= 11 is 0. The first-order chi connectivity index (χ1) is 8.77. The van der Waals surface area contributed by atoms with Gasteiger partial charge in [-0.1, -0.05) is 12.2 Å². The lowest BCUT2D eigenvalue weighted by molar-refractivity contribution is -0.139. The van der Waals surface area contributed by atoms with Crippen LogP contribution < -0.4 is 5.32 Å². The van der Waals surface area contributed by atoms with Gasteiger partial charge in [0, 0.05) is 12.6 Å². The number of amides is 2. The lowest BCUT2D eigenvalue weighted by Gasteiger charge is -2.14. The van der Waals surface area contributed by atoms with E-state index < -0.39 is 0 Å². The van der Waals surface area contributed by atoms with Crippen LogP contribution in [0.25, 0.3) is 0 Å². The summed E-state index contributed by atoms with van der Waals surface area (Å²) in [4.78, 5) is 25.8. The van der Waals surface area contributed by atoms with E-state index in [0.717, 1.165) is 25.8 Å². The molecule has 1 aliphatic heterocycles. The molecule has 0 aromatic rings. The summed E-state index contributed by atoms with van der Waals surface area (Å²) in [7, 11) is 0. The molecule has 3 aliphatic rings. The van der Waals surface area contributed by atoms with Crippen LogP contribution in [0.4, 0.5) is 0 Å². The first-order valence-electron chi connectivity index (χ1n) is 7.01. The molecule has 2 amide bonds. The van der Waals surface area contributed by atoms with Gasteiger partial charge in [0.2, 0.25) is 11.8 Å². The maximum atomic E-state index is 12.1. The molecule has 98 valence electrons. The van der Waals surface area contributed by atoms with Gasteiger partial charge in [-0.05, 0) is 38.6 Å². The molecule has 2 fully saturated rings. The van der Waals surface area contributed by atoms with E-state index >= 15 is 0 Å². The van der Waals surface area contributed by atoms with Crippen LogP contribution in [0.5, 0.6) is 0 Å². The second kappa shape index (κ2) is 4.84. The van der Waals surface area contributed by atoms with Crippen LogP contribution in [0.2, 0.25) is 0 Å². The number of allylic oxidation sites excluding steroid dienone is 2. The molecule has 0 radical (unpaired) electrons. The van der Waals surface area contributed by atoms with E-state index in [9.17, 15) is 9.59 Å². The molecule has 0 spiro atoms. The van der Waals surface area contributed by atoms with E-state index in [1.54, 1.807) is 0 Å². The second-order valence-electron chi connectivity index (χ2n) is 5.57. The largest absolute Gasteiger partial charge is 0.314 e. The Morgan fingerprint density at radius 2 is 1.72 bits per heavy atom. The van der Waals surface area contributed by atoms with Crippen LogP contribution in [-0.4, -0.2) is 35.8 Å². The first-order valence-corrected chi connectivity index (χ1v) is 7.01. The molecule has 2 atom stereocenters. The molecular weight excluding hydrogens is 228 g/mol. The van der Waals surface area contributed by atoms with E-state index in [0.29, 0.717) is 12.6 Å². The Morgan fingerprint density at radius 1 is 1.11 bits per heavy atom. The van der Waals surface area contributed by atoms with E-state index in [1.807, 2.05) is 12.2 Å². The summed E-state index contributed by atoms with van der Waals surface area (Å²) in [5, 5.41) is 3.41. The molecule has 1 heterocycles. The highest BCUT2D eigenvalue weighted by Crippen LogP contribution is 2.34. The zero-order valence-electron chi connectivity index (χ0n) is 10.6. The number of fused-ring (bicyclic) bond motifs is 1. The summed E-state index contributed by atoms with van der Waals surface area (Å²) in [5.41, 5.74) is 0. The first kappa shape index (κ1) is 11.9. The summed E-state index contributed by atoms with van der Waals surface area (Å²) in [6, 6.07) is 0.696. The third-order valence-electron chi connectivity index (χ3n) is 4.17. The fourth-order valence-corrected chi connectivity index (χ4v) is 2.92. The minimum Gasteiger partial charge on any atom is -0.314 e. The predicted octanol–water partition coefficient (Wildman–Crippen LogP) is 1.08. The molecule has 0 bridgehead atoms. The lowest BCUT2D eigenvalue weighted by atomic mass is 9.85. The molecule has 0 aromatic carbocycles. The number of rotatable bonds is 5. The lowest BCUT2D eigenvalue weighted by Crippen LogP contribution is -2.33. The monoisotopic (exact) mass is 248 g/mol. The van der Waals surface area contributed by atoms with Crippen LogP contribution in [0, 0.1) is 11.8 Å². The molecule has 4 heteroatoms. The van der Waals surface area contributed by atoms with Gasteiger partial charge in [-0.15, -0.1) is 0 Å². The molecule has 0 aromatic heterocycles. The summed E-state index contributed by atoms with van der Waals surface area (Å²) in [6.07, 6.45) is 8.97. The molecular formula is C14H20N2O2. The van der Waals surface area contributed by atoms with Crippen molar-refractivity contribution in [3.05, 3.63) is 12.2 Å². The highest BCUT2D eigenvalue weighted by molar-refractivity contribution is 6.05. The van der Waals surface area contributed by atoms with Crippen molar-refractivity contribution in [1.82, 2.24) is 10.2 Å². The number of nitrogens with one attached hydrogen (secondary N) is 1. The highest BCUT2D eigenvalue weighted by Gasteiger charge is 2.46. The van der Waals surface area contributed by atoms with Gasteiger partial charge in [0.1, 0.15) is 0 Å². The topological polar surface area (TPSA) is 49.4 Å². The summed E-state index contributed by atoms with van der Waals surface area (Å²) in [6.45, 7) is 1.50. The minimum absolute atomic E-state index is 0.0563. The number of carbonyl (C=O) groups excluding carboxylic acids is 2. The number of imide groups is 1. The van der Waals surface area contributed by atoms with Crippen molar-refractivity contribution < 1.29 is 9.59 Å². The molecule has 3 rings (SSSR count). The standard InChI is InChI=1S/C14H20N2O2/c17-13-11-4-1-2-5-12(11)14(18)16(13)9-3-8-15-10-6-7-10/h1-2,10-12,15H,3-9H2. The molecule has 18 heavy (non-hydrogen) atoms. The average Bonchev–Trinajstić information content (AvgIpc) is 3.18. The van der Waals surface area contributed by atoms with Crippen LogP contribution >= 0.6 is 0 Å². The Kier molecular flexibility index (Phi) is 3.20. The van der Waals surface area contributed by atoms with Crippen LogP contribution in [0.1, 0.15) is 32.1 Å². The van der Waals surface area contributed by atoms with Gasteiger partial charge in [-0.3, -0.25) is 14.5 Å². The van der Waals surface area contributed by atoms with Crippen LogP contribution in [-0.2, 0) is 9.59 Å². The zero-order valence-corrected chi connectivity index (χ0v) is 10.6. The van der Waals surface area contributed by atoms with E-state index in [4.69, 9.17) is 0 Å². The summed E-state index contributed by atoms with van der Waals surface area (Å²) < 4.78 is 0. The van der Waals surface area contributed by atoms with Gasteiger partial charge < -0.3 is 5.32 Å². The Bertz CT molecular complexity index is 361. The number of hydrogen-bond acceptors (Lipinski definition) is 3. The van der Waals surface area contributed by atoms with Crippen molar-refractivity contribution in [1.29, 1.82) is 0 Å². The third kappa shape index (κ3) is 2.21. The molecule has 1 saturated heterocycles. The van der Waals surface area contributed by atoms with E-state index in [2.05, 4.69) is 5.32 Å². The number of likely N-dealkylation sites (tertiary alicyclic amines) is 1. The molecule has 4 nitrogen and oxygen atoms in total. The zero-order chi connectivity index (χ0) is 12.5. The van der Waals surface area contributed by atoms with Crippen molar-refractivity contribution in [2.24, 2.45) is 11.8 Å².